The number of carbonyl (C=O) groups is 1. The van der Waals surface area contributed by atoms with Gasteiger partial charge >= 0.3 is 0 Å². The van der Waals surface area contributed by atoms with Crippen LogP contribution in [0.2, 0.25) is 0 Å². The summed E-state index contributed by atoms with van der Waals surface area (Å²) in [5, 5.41) is 8.88. The average molecular weight is 436 g/mol. The molecule has 0 fully saturated rings. The van der Waals surface area contributed by atoms with Gasteiger partial charge in [0.2, 0.25) is 5.91 Å². The summed E-state index contributed by atoms with van der Waals surface area (Å²) in [6.45, 7) is 7.77. The number of benzene rings is 1. The second-order valence-electron chi connectivity index (χ2n) is 5.36. The van der Waals surface area contributed by atoms with Gasteiger partial charge in [0.05, 0.1) is 0 Å². The van der Waals surface area contributed by atoms with Gasteiger partial charge in [0, 0.05) is 18.8 Å². The molecule has 7 heteroatoms. The normalized spacial score (nSPS) is 10.9. The second kappa shape index (κ2) is 12.1. The minimum atomic E-state index is -0.384. The van der Waals surface area contributed by atoms with Crippen molar-refractivity contribution in [2.45, 2.75) is 27.2 Å². The minimum Gasteiger partial charge on any atom is -0.357 e. The molecule has 0 heterocycles. The van der Waals surface area contributed by atoms with Crippen molar-refractivity contribution in [3.63, 3.8) is 0 Å². The van der Waals surface area contributed by atoms with Crippen molar-refractivity contribution in [2.75, 3.05) is 25.0 Å². The first kappa shape index (κ1) is 21.6. The first-order valence-corrected chi connectivity index (χ1v) is 7.59. The van der Waals surface area contributed by atoms with Gasteiger partial charge in [-0.25, -0.2) is 9.38 Å². The molecular weight excluding hydrogens is 410 g/mol. The highest BCUT2D eigenvalue weighted by Gasteiger charge is 2.04. The Hall–Kier alpha value is -1.38. The first-order valence-electron chi connectivity index (χ1n) is 7.59. The summed E-state index contributed by atoms with van der Waals surface area (Å²) in [4.78, 5) is 16.0. The maximum Gasteiger partial charge on any atom is 0.246 e. The molecule has 0 unspecified atom stereocenters. The van der Waals surface area contributed by atoms with Crippen LogP contribution in [0.25, 0.3) is 0 Å². The third-order valence-corrected chi connectivity index (χ3v) is 2.85. The van der Waals surface area contributed by atoms with Crippen LogP contribution in [-0.2, 0) is 4.79 Å². The van der Waals surface area contributed by atoms with Crippen LogP contribution in [0.4, 0.5) is 10.1 Å². The third-order valence-electron chi connectivity index (χ3n) is 2.85. The predicted molar refractivity (Wildman–Crippen MR) is 104 cm³/mol. The maximum absolute atomic E-state index is 13.0. The lowest BCUT2D eigenvalue weighted by Gasteiger charge is -2.12. The second-order valence-corrected chi connectivity index (χ2v) is 5.36. The third kappa shape index (κ3) is 10.1. The zero-order valence-corrected chi connectivity index (χ0v) is 16.2. The van der Waals surface area contributed by atoms with Crippen LogP contribution in [0.1, 0.15) is 27.2 Å². The Balaban J connectivity index is 0.00000484. The van der Waals surface area contributed by atoms with Crippen LogP contribution in [0.3, 0.4) is 0 Å². The summed E-state index contributed by atoms with van der Waals surface area (Å²) in [5.74, 6) is 0.542. The van der Waals surface area contributed by atoms with E-state index >= 15 is 0 Å². The van der Waals surface area contributed by atoms with E-state index in [4.69, 9.17) is 0 Å². The topological polar surface area (TPSA) is 65.5 Å². The molecule has 0 aliphatic heterocycles. The SMILES string of the molecule is CCNC(=NCC(=O)Nc1cccc(F)c1)NCCC(C)C.I. The van der Waals surface area contributed by atoms with E-state index in [-0.39, 0.29) is 42.2 Å². The summed E-state index contributed by atoms with van der Waals surface area (Å²) in [7, 11) is 0. The van der Waals surface area contributed by atoms with Crippen molar-refractivity contribution in [1.82, 2.24) is 10.6 Å². The molecule has 23 heavy (non-hydrogen) atoms. The maximum atomic E-state index is 13.0. The smallest absolute Gasteiger partial charge is 0.246 e. The molecule has 1 aromatic rings. The summed E-state index contributed by atoms with van der Waals surface area (Å²) in [6, 6.07) is 5.78. The standard InChI is InChI=1S/C16H25FN4O.HI/c1-4-18-16(19-9-8-12(2)3)20-11-15(22)21-14-7-5-6-13(17)10-14;/h5-7,10,12H,4,8-9,11H2,1-3H3,(H,21,22)(H2,18,19,20);1H. The lowest BCUT2D eigenvalue weighted by Crippen LogP contribution is -2.38. The Morgan fingerprint density at radius 2 is 2.04 bits per heavy atom. The van der Waals surface area contributed by atoms with Gasteiger partial charge in [0.15, 0.2) is 5.96 Å². The van der Waals surface area contributed by atoms with Gasteiger partial charge in [-0.1, -0.05) is 19.9 Å². The highest BCUT2D eigenvalue weighted by molar-refractivity contribution is 14.0. The Kier molecular flexibility index (Phi) is 11.4. The van der Waals surface area contributed by atoms with E-state index in [0.717, 1.165) is 19.5 Å². The van der Waals surface area contributed by atoms with Gasteiger partial charge in [-0.3, -0.25) is 4.79 Å². The number of anilines is 1. The van der Waals surface area contributed by atoms with E-state index in [1.54, 1.807) is 12.1 Å². The van der Waals surface area contributed by atoms with Crippen LogP contribution >= 0.6 is 24.0 Å². The molecule has 0 aliphatic carbocycles. The number of nitrogens with one attached hydrogen (secondary N) is 3. The molecule has 0 atom stereocenters. The fourth-order valence-electron chi connectivity index (χ4n) is 1.74. The van der Waals surface area contributed by atoms with E-state index in [0.29, 0.717) is 17.6 Å². The number of rotatable bonds is 7. The monoisotopic (exact) mass is 436 g/mol. The molecule has 0 bridgehead atoms. The molecule has 0 spiro atoms. The molecule has 0 radical (unpaired) electrons. The van der Waals surface area contributed by atoms with Gasteiger partial charge in [-0.05, 0) is 37.5 Å². The highest BCUT2D eigenvalue weighted by atomic mass is 127. The Labute approximate surface area is 154 Å². The van der Waals surface area contributed by atoms with Gasteiger partial charge < -0.3 is 16.0 Å². The molecule has 1 amide bonds. The lowest BCUT2D eigenvalue weighted by molar-refractivity contribution is -0.114. The molecule has 1 aromatic carbocycles. The number of hydrogen-bond donors (Lipinski definition) is 3. The van der Waals surface area contributed by atoms with E-state index in [9.17, 15) is 9.18 Å². The molecule has 0 saturated carbocycles. The number of guanidine groups is 1. The van der Waals surface area contributed by atoms with Crippen molar-refractivity contribution < 1.29 is 9.18 Å². The molecule has 0 aromatic heterocycles. The number of amides is 1. The zero-order chi connectivity index (χ0) is 16.4. The fraction of sp³-hybridized carbons (Fsp3) is 0.500. The largest absolute Gasteiger partial charge is 0.357 e. The molecule has 0 saturated heterocycles. The minimum absolute atomic E-state index is 0. The molecule has 130 valence electrons. The predicted octanol–water partition coefficient (Wildman–Crippen LogP) is 2.98. The van der Waals surface area contributed by atoms with Gasteiger partial charge in [-0.15, -0.1) is 24.0 Å². The molecule has 0 aliphatic rings. The van der Waals surface area contributed by atoms with E-state index in [2.05, 4.69) is 34.8 Å². The van der Waals surface area contributed by atoms with Gasteiger partial charge in [-0.2, -0.15) is 0 Å². The number of carbonyl (C=O) groups excluding carboxylic acids is 1. The average Bonchev–Trinajstić information content (AvgIpc) is 2.44. The summed E-state index contributed by atoms with van der Waals surface area (Å²) in [6.07, 6.45) is 1.03. The van der Waals surface area contributed by atoms with Crippen LogP contribution in [-0.4, -0.2) is 31.5 Å². The number of nitrogens with zero attached hydrogens (tertiary/aromatic N) is 1. The van der Waals surface area contributed by atoms with Crippen molar-refractivity contribution in [2.24, 2.45) is 10.9 Å². The van der Waals surface area contributed by atoms with Crippen LogP contribution in [0.15, 0.2) is 29.3 Å². The van der Waals surface area contributed by atoms with Crippen molar-refractivity contribution in [1.29, 1.82) is 0 Å². The first-order chi connectivity index (χ1) is 10.5. The molecule has 5 nitrogen and oxygen atoms in total. The molecular formula is C16H26FIN4O. The van der Waals surface area contributed by atoms with Crippen LogP contribution < -0.4 is 16.0 Å². The lowest BCUT2D eigenvalue weighted by atomic mass is 10.1. The molecule has 1 rings (SSSR count). The summed E-state index contributed by atoms with van der Waals surface area (Å²) < 4.78 is 13.0. The Bertz CT molecular complexity index is 509. The Morgan fingerprint density at radius 1 is 1.30 bits per heavy atom. The number of halogens is 2. The fourth-order valence-corrected chi connectivity index (χ4v) is 1.74. The van der Waals surface area contributed by atoms with Gasteiger partial charge in [0.25, 0.3) is 0 Å². The van der Waals surface area contributed by atoms with E-state index in [1.165, 1.54) is 12.1 Å². The number of hydrogen-bond acceptors (Lipinski definition) is 2. The van der Waals surface area contributed by atoms with Crippen molar-refractivity contribution >= 4 is 41.5 Å². The van der Waals surface area contributed by atoms with E-state index in [1.807, 2.05) is 6.92 Å². The highest BCUT2D eigenvalue weighted by Crippen LogP contribution is 2.08. The van der Waals surface area contributed by atoms with Gasteiger partial charge in [0.1, 0.15) is 12.4 Å². The van der Waals surface area contributed by atoms with E-state index < -0.39 is 0 Å². The zero-order valence-electron chi connectivity index (χ0n) is 13.9. The number of aliphatic imine (C=N–C) groups is 1. The summed E-state index contributed by atoms with van der Waals surface area (Å²) in [5.41, 5.74) is 0.429. The summed E-state index contributed by atoms with van der Waals surface area (Å²) >= 11 is 0. The van der Waals surface area contributed by atoms with Crippen molar-refractivity contribution in [3.05, 3.63) is 30.1 Å². The van der Waals surface area contributed by atoms with Crippen LogP contribution in [0, 0.1) is 11.7 Å². The molecule has 3 N–H and O–H groups in total. The van der Waals surface area contributed by atoms with Crippen molar-refractivity contribution in [3.8, 4) is 0 Å². The quantitative estimate of drug-likeness (QED) is 0.350. The van der Waals surface area contributed by atoms with Crippen LogP contribution in [0.5, 0.6) is 0 Å². The Morgan fingerprint density at radius 3 is 2.65 bits per heavy atom.